The number of nitrogens with two attached hydrogens (primary N) is 1. The van der Waals surface area contributed by atoms with Crippen LogP contribution in [0.15, 0.2) is 22.7 Å². The molecule has 0 amide bonds. The van der Waals surface area contributed by atoms with Crippen molar-refractivity contribution in [1.29, 1.82) is 0 Å². The third kappa shape index (κ3) is 3.61. The SMILES string of the molecule is NCCc1ccc(N2CCN(C3CCCC3)CC2)cc1Br. The van der Waals surface area contributed by atoms with Gasteiger partial charge in [-0.3, -0.25) is 4.90 Å². The molecule has 4 heteroatoms. The summed E-state index contributed by atoms with van der Waals surface area (Å²) in [5.74, 6) is 0. The van der Waals surface area contributed by atoms with E-state index in [4.69, 9.17) is 5.73 Å². The van der Waals surface area contributed by atoms with Crippen molar-refractivity contribution >= 4 is 21.6 Å². The largest absolute Gasteiger partial charge is 0.369 e. The fraction of sp³-hybridized carbons (Fsp3) is 0.647. The molecule has 3 nitrogen and oxygen atoms in total. The minimum absolute atomic E-state index is 0.706. The van der Waals surface area contributed by atoms with Crippen LogP contribution < -0.4 is 10.6 Å². The first-order valence-corrected chi connectivity index (χ1v) is 9.05. The Labute approximate surface area is 136 Å². The maximum Gasteiger partial charge on any atom is 0.0378 e. The van der Waals surface area contributed by atoms with Gasteiger partial charge in [0, 0.05) is 42.4 Å². The average Bonchev–Trinajstić information content (AvgIpc) is 3.04. The molecule has 2 aliphatic rings. The molecular weight excluding hydrogens is 326 g/mol. The van der Waals surface area contributed by atoms with Gasteiger partial charge in [0.1, 0.15) is 0 Å². The number of hydrogen-bond donors (Lipinski definition) is 1. The molecule has 1 saturated carbocycles. The predicted molar refractivity (Wildman–Crippen MR) is 92.9 cm³/mol. The third-order valence-electron chi connectivity index (χ3n) is 4.97. The van der Waals surface area contributed by atoms with Gasteiger partial charge in [-0.05, 0) is 43.5 Å². The Morgan fingerprint density at radius 2 is 1.81 bits per heavy atom. The van der Waals surface area contributed by atoms with Crippen molar-refractivity contribution in [3.63, 3.8) is 0 Å². The Balaban J connectivity index is 1.59. The van der Waals surface area contributed by atoms with Crippen LogP contribution in [0.3, 0.4) is 0 Å². The normalized spacial score (nSPS) is 21.1. The van der Waals surface area contributed by atoms with Crippen LogP contribution in [0.1, 0.15) is 31.2 Å². The van der Waals surface area contributed by atoms with Gasteiger partial charge in [-0.25, -0.2) is 0 Å². The van der Waals surface area contributed by atoms with Crippen molar-refractivity contribution in [3.05, 3.63) is 28.2 Å². The molecule has 0 unspecified atom stereocenters. The van der Waals surface area contributed by atoms with Crippen LogP contribution in [0.4, 0.5) is 5.69 Å². The Bertz CT molecular complexity index is 463. The lowest BCUT2D eigenvalue weighted by molar-refractivity contribution is 0.187. The van der Waals surface area contributed by atoms with E-state index in [-0.39, 0.29) is 0 Å². The van der Waals surface area contributed by atoms with Gasteiger partial charge < -0.3 is 10.6 Å². The molecule has 0 atom stereocenters. The van der Waals surface area contributed by atoms with Crippen LogP contribution in [0.5, 0.6) is 0 Å². The summed E-state index contributed by atoms with van der Waals surface area (Å²) >= 11 is 3.69. The first-order chi connectivity index (χ1) is 10.3. The molecule has 1 aromatic carbocycles. The van der Waals surface area contributed by atoms with Crippen molar-refractivity contribution in [2.24, 2.45) is 5.73 Å². The summed E-state index contributed by atoms with van der Waals surface area (Å²) in [5, 5.41) is 0. The lowest BCUT2D eigenvalue weighted by Crippen LogP contribution is -2.49. The monoisotopic (exact) mass is 351 g/mol. The van der Waals surface area contributed by atoms with Crippen molar-refractivity contribution in [3.8, 4) is 0 Å². The molecule has 0 spiro atoms. The minimum Gasteiger partial charge on any atom is -0.369 e. The maximum atomic E-state index is 5.65. The van der Waals surface area contributed by atoms with Crippen LogP contribution in [0.2, 0.25) is 0 Å². The highest BCUT2D eigenvalue weighted by molar-refractivity contribution is 9.10. The van der Waals surface area contributed by atoms with Crippen LogP contribution in [-0.4, -0.2) is 43.7 Å². The maximum absolute atomic E-state index is 5.65. The van der Waals surface area contributed by atoms with Gasteiger partial charge in [0.05, 0.1) is 0 Å². The summed E-state index contributed by atoms with van der Waals surface area (Å²) < 4.78 is 1.20. The van der Waals surface area contributed by atoms with E-state index in [9.17, 15) is 0 Å². The fourth-order valence-corrected chi connectivity index (χ4v) is 4.27. The van der Waals surface area contributed by atoms with E-state index in [0.29, 0.717) is 6.54 Å². The van der Waals surface area contributed by atoms with Crippen LogP contribution in [0, 0.1) is 0 Å². The fourth-order valence-electron chi connectivity index (χ4n) is 3.71. The highest BCUT2D eigenvalue weighted by Gasteiger charge is 2.26. The number of benzene rings is 1. The Kier molecular flexibility index (Phi) is 5.19. The van der Waals surface area contributed by atoms with E-state index in [0.717, 1.165) is 25.6 Å². The Morgan fingerprint density at radius 3 is 2.43 bits per heavy atom. The number of anilines is 1. The quantitative estimate of drug-likeness (QED) is 0.904. The molecule has 0 bridgehead atoms. The standard InChI is InChI=1S/C17H26BrN3/c18-17-13-16(6-5-14(17)7-8-19)21-11-9-20(10-12-21)15-3-1-2-4-15/h5-6,13,15H,1-4,7-12,19H2. The Hall–Kier alpha value is -0.580. The van der Waals surface area contributed by atoms with Crippen LogP contribution in [0.25, 0.3) is 0 Å². The van der Waals surface area contributed by atoms with Crippen molar-refractivity contribution < 1.29 is 0 Å². The van der Waals surface area contributed by atoms with E-state index in [1.54, 1.807) is 0 Å². The zero-order valence-electron chi connectivity index (χ0n) is 12.7. The molecule has 0 radical (unpaired) electrons. The number of rotatable bonds is 4. The topological polar surface area (TPSA) is 32.5 Å². The molecular formula is C17H26BrN3. The zero-order chi connectivity index (χ0) is 14.7. The van der Waals surface area contributed by atoms with Crippen molar-refractivity contribution in [1.82, 2.24) is 4.90 Å². The molecule has 0 aromatic heterocycles. The molecule has 2 fully saturated rings. The second-order valence-electron chi connectivity index (χ2n) is 6.28. The minimum atomic E-state index is 0.706. The van der Waals surface area contributed by atoms with Gasteiger partial charge in [-0.2, -0.15) is 0 Å². The molecule has 1 saturated heterocycles. The second-order valence-corrected chi connectivity index (χ2v) is 7.13. The van der Waals surface area contributed by atoms with E-state index in [2.05, 4.69) is 43.9 Å². The van der Waals surface area contributed by atoms with Gasteiger partial charge in [0.2, 0.25) is 0 Å². The Morgan fingerprint density at radius 1 is 1.10 bits per heavy atom. The van der Waals surface area contributed by atoms with Gasteiger partial charge in [-0.15, -0.1) is 0 Å². The average molecular weight is 352 g/mol. The zero-order valence-corrected chi connectivity index (χ0v) is 14.3. The molecule has 3 rings (SSSR count). The lowest BCUT2D eigenvalue weighted by Gasteiger charge is -2.39. The smallest absolute Gasteiger partial charge is 0.0378 e. The molecule has 1 aliphatic heterocycles. The number of piperazine rings is 1. The van der Waals surface area contributed by atoms with E-state index in [1.165, 1.54) is 54.5 Å². The molecule has 1 aliphatic carbocycles. The molecule has 1 heterocycles. The first kappa shape index (κ1) is 15.3. The second kappa shape index (κ2) is 7.12. The van der Waals surface area contributed by atoms with Gasteiger partial charge in [0.15, 0.2) is 0 Å². The van der Waals surface area contributed by atoms with E-state index in [1.807, 2.05) is 0 Å². The third-order valence-corrected chi connectivity index (χ3v) is 5.71. The van der Waals surface area contributed by atoms with Crippen LogP contribution >= 0.6 is 15.9 Å². The molecule has 1 aromatic rings. The summed E-state index contributed by atoms with van der Waals surface area (Å²) in [6, 6.07) is 7.60. The molecule has 2 N–H and O–H groups in total. The van der Waals surface area contributed by atoms with E-state index < -0.39 is 0 Å². The molecule has 116 valence electrons. The van der Waals surface area contributed by atoms with Gasteiger partial charge >= 0.3 is 0 Å². The van der Waals surface area contributed by atoms with Crippen molar-refractivity contribution in [2.45, 2.75) is 38.1 Å². The first-order valence-electron chi connectivity index (χ1n) is 8.25. The molecule has 21 heavy (non-hydrogen) atoms. The van der Waals surface area contributed by atoms with Crippen LogP contribution in [-0.2, 0) is 6.42 Å². The summed E-state index contributed by atoms with van der Waals surface area (Å²) in [7, 11) is 0. The number of hydrogen-bond acceptors (Lipinski definition) is 3. The summed E-state index contributed by atoms with van der Waals surface area (Å²) in [5.41, 5.74) is 8.30. The number of nitrogens with zero attached hydrogens (tertiary/aromatic N) is 2. The highest BCUT2D eigenvalue weighted by Crippen LogP contribution is 2.28. The lowest BCUT2D eigenvalue weighted by atomic mass is 10.1. The highest BCUT2D eigenvalue weighted by atomic mass is 79.9. The summed E-state index contributed by atoms with van der Waals surface area (Å²) in [6.45, 7) is 5.44. The number of halogens is 1. The van der Waals surface area contributed by atoms with Gasteiger partial charge in [0.25, 0.3) is 0 Å². The van der Waals surface area contributed by atoms with Crippen molar-refractivity contribution in [2.75, 3.05) is 37.6 Å². The van der Waals surface area contributed by atoms with Gasteiger partial charge in [-0.1, -0.05) is 34.8 Å². The summed E-state index contributed by atoms with van der Waals surface area (Å²) in [4.78, 5) is 5.23. The predicted octanol–water partition coefficient (Wildman–Crippen LogP) is 3.01. The summed E-state index contributed by atoms with van der Waals surface area (Å²) in [6.07, 6.45) is 6.63. The van der Waals surface area contributed by atoms with E-state index >= 15 is 0 Å².